The summed E-state index contributed by atoms with van der Waals surface area (Å²) in [5, 5.41) is 2.94. The molecule has 0 atom stereocenters. The quantitative estimate of drug-likeness (QED) is 0.894. The summed E-state index contributed by atoms with van der Waals surface area (Å²) in [7, 11) is -2.30. The molecule has 0 aromatic heterocycles. The number of amides is 1. The Morgan fingerprint density at radius 2 is 1.84 bits per heavy atom. The summed E-state index contributed by atoms with van der Waals surface area (Å²) in [5.74, 6) is -0.411. The number of carbonyl (C=O) groups is 1. The highest BCUT2D eigenvalue weighted by Gasteiger charge is 2.20. The lowest BCUT2D eigenvalue weighted by Gasteiger charge is -2.21. The zero-order valence-corrected chi connectivity index (χ0v) is 12.8. The highest BCUT2D eigenvalue weighted by atomic mass is 35.5. The van der Waals surface area contributed by atoms with Crippen LogP contribution in [0.4, 0.5) is 0 Å². The minimum atomic E-state index is -3.60. The van der Waals surface area contributed by atoms with E-state index in [1.807, 2.05) is 20.8 Å². The number of hydrogen-bond acceptors (Lipinski definition) is 3. The molecule has 0 heterocycles. The maximum atomic E-state index is 12.0. The van der Waals surface area contributed by atoms with Gasteiger partial charge in [0.25, 0.3) is 5.91 Å². The summed E-state index contributed by atoms with van der Waals surface area (Å²) in [6.45, 7) is 5.48. The van der Waals surface area contributed by atoms with E-state index < -0.39 is 21.5 Å². The molecule has 106 valence electrons. The van der Waals surface area contributed by atoms with Crippen molar-refractivity contribution >= 4 is 27.5 Å². The minimum Gasteiger partial charge on any atom is -0.347 e. The van der Waals surface area contributed by atoms with Crippen molar-refractivity contribution in [1.82, 2.24) is 10.0 Å². The van der Waals surface area contributed by atoms with Gasteiger partial charge in [-0.3, -0.25) is 4.79 Å². The summed E-state index contributed by atoms with van der Waals surface area (Å²) < 4.78 is 25.6. The van der Waals surface area contributed by atoms with Gasteiger partial charge in [0, 0.05) is 5.54 Å². The lowest BCUT2D eigenvalue weighted by Crippen LogP contribution is -2.40. The number of nitrogens with one attached hydrogen (secondary N) is 2. The zero-order chi connectivity index (χ0) is 14.8. The summed E-state index contributed by atoms with van der Waals surface area (Å²) in [6.07, 6.45) is 0. The second-order valence-corrected chi connectivity index (χ2v) is 7.35. The van der Waals surface area contributed by atoms with E-state index in [-0.39, 0.29) is 15.5 Å². The van der Waals surface area contributed by atoms with Crippen LogP contribution in [0.15, 0.2) is 23.1 Å². The minimum absolute atomic E-state index is 0.00143. The van der Waals surface area contributed by atoms with Gasteiger partial charge in [0.15, 0.2) is 0 Å². The van der Waals surface area contributed by atoms with Crippen LogP contribution in [0.3, 0.4) is 0 Å². The Morgan fingerprint density at radius 3 is 2.32 bits per heavy atom. The monoisotopic (exact) mass is 304 g/mol. The lowest BCUT2D eigenvalue weighted by molar-refractivity contribution is 0.0919. The van der Waals surface area contributed by atoms with E-state index in [0.717, 1.165) is 0 Å². The van der Waals surface area contributed by atoms with Crippen LogP contribution in [-0.2, 0) is 10.0 Å². The molecule has 0 bridgehead atoms. The van der Waals surface area contributed by atoms with Crippen LogP contribution < -0.4 is 10.0 Å². The number of rotatable bonds is 3. The molecule has 7 heteroatoms. The van der Waals surface area contributed by atoms with Gasteiger partial charge in [-0.1, -0.05) is 11.6 Å². The molecule has 0 radical (unpaired) electrons. The molecule has 0 unspecified atom stereocenters. The third-order valence-electron chi connectivity index (χ3n) is 2.25. The fourth-order valence-corrected chi connectivity index (χ4v) is 2.33. The van der Waals surface area contributed by atoms with Crippen molar-refractivity contribution in [3.05, 3.63) is 28.8 Å². The van der Waals surface area contributed by atoms with Crippen LogP contribution in [0.5, 0.6) is 0 Å². The number of hydrogen-bond donors (Lipinski definition) is 2. The van der Waals surface area contributed by atoms with Crippen molar-refractivity contribution in [2.75, 3.05) is 7.05 Å². The molecule has 0 fully saturated rings. The predicted octanol–water partition coefficient (Wildman–Crippen LogP) is 1.78. The topological polar surface area (TPSA) is 75.3 Å². The van der Waals surface area contributed by atoms with E-state index >= 15 is 0 Å². The van der Waals surface area contributed by atoms with Crippen molar-refractivity contribution in [3.8, 4) is 0 Å². The third kappa shape index (κ3) is 4.19. The van der Waals surface area contributed by atoms with Gasteiger partial charge in [0.05, 0.1) is 15.5 Å². The Balaban J connectivity index is 3.22. The average molecular weight is 305 g/mol. The molecule has 0 saturated carbocycles. The predicted molar refractivity (Wildman–Crippen MR) is 74.9 cm³/mol. The molecule has 0 spiro atoms. The Kier molecular flexibility index (Phi) is 4.60. The van der Waals surface area contributed by atoms with Crippen LogP contribution in [0, 0.1) is 0 Å². The second kappa shape index (κ2) is 5.48. The molecule has 1 amide bonds. The molecule has 1 aromatic carbocycles. The highest BCUT2D eigenvalue weighted by molar-refractivity contribution is 7.89. The Labute approximate surface area is 118 Å². The Hall–Kier alpha value is -1.11. The van der Waals surface area contributed by atoms with E-state index in [1.165, 1.54) is 25.2 Å². The first kappa shape index (κ1) is 15.9. The lowest BCUT2D eigenvalue weighted by atomic mass is 10.1. The van der Waals surface area contributed by atoms with Crippen LogP contribution >= 0.6 is 11.6 Å². The van der Waals surface area contributed by atoms with Crippen LogP contribution in [0.1, 0.15) is 31.1 Å². The fraction of sp³-hybridized carbons (Fsp3) is 0.417. The molecule has 1 rings (SSSR count). The number of carbonyl (C=O) groups excluding carboxylic acids is 1. The van der Waals surface area contributed by atoms with Gasteiger partial charge in [-0.2, -0.15) is 0 Å². The summed E-state index contributed by atoms with van der Waals surface area (Å²) in [6, 6.07) is 4.00. The third-order valence-corrected chi connectivity index (χ3v) is 3.99. The smallest absolute Gasteiger partial charge is 0.253 e. The molecule has 0 saturated heterocycles. The summed E-state index contributed by atoms with van der Waals surface area (Å²) in [4.78, 5) is 12.0. The van der Waals surface area contributed by atoms with Crippen molar-refractivity contribution in [2.45, 2.75) is 31.2 Å². The van der Waals surface area contributed by atoms with Crippen molar-refractivity contribution in [3.63, 3.8) is 0 Å². The van der Waals surface area contributed by atoms with E-state index in [4.69, 9.17) is 11.6 Å². The number of sulfonamides is 1. The summed E-state index contributed by atoms with van der Waals surface area (Å²) >= 11 is 5.94. The first-order valence-corrected chi connectivity index (χ1v) is 7.48. The zero-order valence-electron chi connectivity index (χ0n) is 11.2. The van der Waals surface area contributed by atoms with E-state index in [1.54, 1.807) is 0 Å². The molecular weight excluding hydrogens is 288 g/mol. The van der Waals surface area contributed by atoms with Gasteiger partial charge in [0.1, 0.15) is 0 Å². The Bertz CT molecular complexity index is 591. The van der Waals surface area contributed by atoms with Gasteiger partial charge in [-0.25, -0.2) is 13.1 Å². The van der Waals surface area contributed by atoms with E-state index in [9.17, 15) is 13.2 Å². The maximum absolute atomic E-state index is 12.0. The number of halogens is 1. The van der Waals surface area contributed by atoms with Gasteiger partial charge in [-0.05, 0) is 46.0 Å². The fourth-order valence-electron chi connectivity index (χ4n) is 1.37. The summed E-state index contributed by atoms with van der Waals surface area (Å²) in [5.41, 5.74) is -0.300. The largest absolute Gasteiger partial charge is 0.347 e. The van der Waals surface area contributed by atoms with Crippen molar-refractivity contribution in [2.24, 2.45) is 0 Å². The van der Waals surface area contributed by atoms with Crippen LogP contribution in [0.25, 0.3) is 0 Å². The van der Waals surface area contributed by atoms with Gasteiger partial charge >= 0.3 is 0 Å². The Morgan fingerprint density at radius 1 is 1.26 bits per heavy atom. The molecule has 5 nitrogen and oxygen atoms in total. The first-order valence-electron chi connectivity index (χ1n) is 5.62. The molecule has 0 aliphatic heterocycles. The van der Waals surface area contributed by atoms with E-state index in [2.05, 4.69) is 10.0 Å². The van der Waals surface area contributed by atoms with Gasteiger partial charge in [0.2, 0.25) is 10.0 Å². The molecule has 2 N–H and O–H groups in total. The molecule has 19 heavy (non-hydrogen) atoms. The normalized spacial score (nSPS) is 12.3. The van der Waals surface area contributed by atoms with Gasteiger partial charge < -0.3 is 5.32 Å². The number of benzene rings is 1. The van der Waals surface area contributed by atoms with E-state index in [0.29, 0.717) is 0 Å². The molecule has 0 aliphatic rings. The molecule has 0 aliphatic carbocycles. The first-order chi connectivity index (χ1) is 8.57. The van der Waals surface area contributed by atoms with Gasteiger partial charge in [-0.15, -0.1) is 0 Å². The maximum Gasteiger partial charge on any atom is 0.253 e. The SMILES string of the molecule is CNS(=O)(=O)c1ccc(Cl)c(C(=O)NC(C)(C)C)c1. The van der Waals surface area contributed by atoms with Crippen molar-refractivity contribution < 1.29 is 13.2 Å². The molecular formula is C12H17ClN2O3S. The van der Waals surface area contributed by atoms with Crippen molar-refractivity contribution in [1.29, 1.82) is 0 Å². The van der Waals surface area contributed by atoms with Crippen LogP contribution in [0.2, 0.25) is 5.02 Å². The second-order valence-electron chi connectivity index (χ2n) is 5.05. The van der Waals surface area contributed by atoms with Crippen LogP contribution in [-0.4, -0.2) is 26.9 Å². The highest BCUT2D eigenvalue weighted by Crippen LogP contribution is 2.21. The molecule has 1 aromatic rings. The average Bonchev–Trinajstić information content (AvgIpc) is 2.26. The standard InChI is InChI=1S/C12H17ClN2O3S/c1-12(2,3)15-11(16)9-7-8(5-6-10(9)13)19(17,18)14-4/h5-7,14H,1-4H3,(H,15,16).